The Morgan fingerprint density at radius 3 is 1.73 bits per heavy atom. The van der Waals surface area contributed by atoms with Crippen LogP contribution in [0, 0.1) is 0 Å². The van der Waals surface area contributed by atoms with Gasteiger partial charge >= 0.3 is 0 Å². The van der Waals surface area contributed by atoms with Crippen LogP contribution >= 0.6 is 9.24 Å². The van der Waals surface area contributed by atoms with Gasteiger partial charge in [0.25, 0.3) is 0 Å². The van der Waals surface area contributed by atoms with Crippen LogP contribution in [0.1, 0.15) is 52.7 Å². The Labute approximate surface area is 96.7 Å². The van der Waals surface area contributed by atoms with Gasteiger partial charge in [-0.3, -0.25) is 0 Å². The van der Waals surface area contributed by atoms with Gasteiger partial charge in [0, 0.05) is 0 Å². The van der Waals surface area contributed by atoms with Crippen molar-refractivity contribution >= 4 is 14.5 Å². The Morgan fingerprint density at radius 1 is 0.867 bits per heavy atom. The summed E-state index contributed by atoms with van der Waals surface area (Å²) in [5, 5.41) is 1.11. The van der Waals surface area contributed by atoms with Crippen molar-refractivity contribution in [2.45, 2.75) is 52.4 Å². The smallest absolute Gasteiger partial charge is 0.0133 e. The fourth-order valence-electron chi connectivity index (χ4n) is 1.63. The minimum Gasteiger partial charge on any atom is -1.45 e. The molecule has 15 heavy (non-hydrogen) atoms. The molecule has 1 heteroatoms. The van der Waals surface area contributed by atoms with Crippen LogP contribution < -0.4 is 5.30 Å². The first kappa shape index (κ1) is 12.7. The van der Waals surface area contributed by atoms with E-state index in [0.29, 0.717) is 0 Å². The second kappa shape index (κ2) is 3.91. The third-order valence-corrected chi connectivity index (χ3v) is 3.04. The largest absolute Gasteiger partial charge is 1.45 e. The average molecular weight is 220 g/mol. The van der Waals surface area contributed by atoms with E-state index in [4.69, 9.17) is 0 Å². The van der Waals surface area contributed by atoms with Crippen molar-refractivity contribution in [1.29, 1.82) is 0 Å². The zero-order chi connectivity index (χ0) is 11.9. The predicted molar refractivity (Wildman–Crippen MR) is 70.4 cm³/mol. The molecule has 1 aromatic carbocycles. The van der Waals surface area contributed by atoms with Crippen molar-refractivity contribution in [3.63, 3.8) is 0 Å². The Hall–Kier alpha value is -0.350. The van der Waals surface area contributed by atoms with E-state index < -0.39 is 0 Å². The highest BCUT2D eigenvalue weighted by Gasteiger charge is 2.15. The number of hydrogen-bond donors (Lipinski definition) is 0. The highest BCUT2D eigenvalue weighted by molar-refractivity contribution is 7.27. The van der Waals surface area contributed by atoms with Gasteiger partial charge in [-0.05, 0) is 16.4 Å². The minimum absolute atomic E-state index is 0.174. The third-order valence-electron chi connectivity index (χ3n) is 2.67. The van der Waals surface area contributed by atoms with E-state index >= 15 is 0 Å². The molecule has 0 aromatic heterocycles. The SMILES string of the molecule is CC(C)(C)c1ccc(C(C)(C)C)c([P-2])c1. The van der Waals surface area contributed by atoms with E-state index in [-0.39, 0.29) is 10.8 Å². The molecule has 0 saturated carbocycles. The quantitative estimate of drug-likeness (QED) is 0.571. The van der Waals surface area contributed by atoms with E-state index in [1.54, 1.807) is 0 Å². The van der Waals surface area contributed by atoms with Crippen LogP contribution in [0.4, 0.5) is 0 Å². The highest BCUT2D eigenvalue weighted by Crippen LogP contribution is 2.27. The van der Waals surface area contributed by atoms with E-state index in [1.807, 2.05) is 0 Å². The van der Waals surface area contributed by atoms with Gasteiger partial charge in [-0.2, -0.15) is 0 Å². The summed E-state index contributed by atoms with van der Waals surface area (Å²) in [4.78, 5) is 0. The van der Waals surface area contributed by atoms with Crippen LogP contribution in [0.5, 0.6) is 0 Å². The summed E-state index contributed by atoms with van der Waals surface area (Å²) >= 11 is 0. The molecule has 84 valence electrons. The molecule has 0 radical (unpaired) electrons. The van der Waals surface area contributed by atoms with E-state index in [9.17, 15) is 0 Å². The molecule has 0 nitrogen and oxygen atoms in total. The molecule has 0 N–H and O–H groups in total. The van der Waals surface area contributed by atoms with Gasteiger partial charge in [-0.15, -0.1) is 6.07 Å². The van der Waals surface area contributed by atoms with Crippen molar-refractivity contribution in [1.82, 2.24) is 0 Å². The molecule has 0 aliphatic heterocycles. The number of benzene rings is 1. The van der Waals surface area contributed by atoms with Crippen LogP contribution in [-0.4, -0.2) is 0 Å². The highest BCUT2D eigenvalue weighted by atomic mass is 31.0. The molecule has 1 aromatic rings. The number of rotatable bonds is 0. The van der Waals surface area contributed by atoms with Crippen molar-refractivity contribution in [3.05, 3.63) is 29.3 Å². The minimum atomic E-state index is 0.174. The maximum absolute atomic E-state index is 4.59. The molecule has 0 amide bonds. The summed E-state index contributed by atoms with van der Waals surface area (Å²) in [5.74, 6) is 0. The zero-order valence-electron chi connectivity index (χ0n) is 10.7. The average Bonchev–Trinajstić information content (AvgIpc) is 1.99. The van der Waals surface area contributed by atoms with Crippen LogP contribution in [0.15, 0.2) is 18.2 Å². The normalized spacial score (nSPS) is 13.0. The Kier molecular flexibility index (Phi) is 3.31. The molecule has 0 aliphatic rings. The lowest BCUT2D eigenvalue weighted by atomic mass is 9.82. The summed E-state index contributed by atoms with van der Waals surface area (Å²) < 4.78 is 0. The Bertz CT molecular complexity index is 351. The summed E-state index contributed by atoms with van der Waals surface area (Å²) in [7, 11) is 4.59. The fraction of sp³-hybridized carbons (Fsp3) is 0.571. The molecule has 1 rings (SSSR count). The van der Waals surface area contributed by atoms with Crippen molar-refractivity contribution < 1.29 is 0 Å². The van der Waals surface area contributed by atoms with Crippen molar-refractivity contribution in [2.75, 3.05) is 0 Å². The lowest BCUT2D eigenvalue weighted by Gasteiger charge is -2.44. The first-order valence-electron chi connectivity index (χ1n) is 5.46. The second-order valence-corrected chi connectivity index (χ2v) is 6.71. The maximum atomic E-state index is 4.59. The molecule has 0 spiro atoms. The van der Waals surface area contributed by atoms with E-state index in [2.05, 4.69) is 69.0 Å². The fourth-order valence-corrected chi connectivity index (χ4v) is 2.18. The van der Waals surface area contributed by atoms with Crippen molar-refractivity contribution in [2.24, 2.45) is 0 Å². The molecular weight excluding hydrogens is 199 g/mol. The summed E-state index contributed by atoms with van der Waals surface area (Å²) in [6.45, 7) is 13.3. The predicted octanol–water partition coefficient (Wildman–Crippen LogP) is 4.32. The van der Waals surface area contributed by atoms with E-state index in [0.717, 1.165) is 5.30 Å². The first-order valence-corrected chi connectivity index (χ1v) is 5.91. The molecular formula is C14H21P-2. The van der Waals surface area contributed by atoms with Gasteiger partial charge in [0.1, 0.15) is 0 Å². The monoisotopic (exact) mass is 220 g/mol. The Balaban J connectivity index is 3.21. The van der Waals surface area contributed by atoms with Gasteiger partial charge in [0.05, 0.1) is 0 Å². The van der Waals surface area contributed by atoms with Crippen LogP contribution in [0.2, 0.25) is 0 Å². The van der Waals surface area contributed by atoms with Crippen LogP contribution in [0.25, 0.3) is 0 Å². The topological polar surface area (TPSA) is 0 Å². The molecule has 0 aliphatic carbocycles. The molecule has 0 unspecified atom stereocenters. The van der Waals surface area contributed by atoms with Crippen LogP contribution in [0.3, 0.4) is 0 Å². The summed E-state index contributed by atoms with van der Waals surface area (Å²) in [6, 6.07) is 6.63. The maximum Gasteiger partial charge on any atom is -0.0133 e. The van der Waals surface area contributed by atoms with E-state index in [1.165, 1.54) is 11.1 Å². The Morgan fingerprint density at radius 2 is 1.40 bits per heavy atom. The molecule has 0 bridgehead atoms. The second-order valence-electron chi connectivity index (χ2n) is 6.23. The van der Waals surface area contributed by atoms with Crippen molar-refractivity contribution in [3.8, 4) is 0 Å². The zero-order valence-corrected chi connectivity index (χ0v) is 11.6. The first-order chi connectivity index (χ1) is 6.62. The van der Waals surface area contributed by atoms with Gasteiger partial charge in [0.15, 0.2) is 0 Å². The third kappa shape index (κ3) is 3.05. The molecule has 0 heterocycles. The number of hydrogen-bond acceptors (Lipinski definition) is 0. The molecule has 0 atom stereocenters. The van der Waals surface area contributed by atoms with Gasteiger partial charge in [-0.25, -0.2) is 0 Å². The lowest BCUT2D eigenvalue weighted by Crippen LogP contribution is -2.21. The standard InChI is InChI=1S/C14H21P/c1-13(2,3)10-7-8-11(12(15)9-10)14(4,5)6/h7-9H,1-6H3/q-2. The molecule has 0 saturated heterocycles. The van der Waals surface area contributed by atoms with Gasteiger partial charge in [-0.1, -0.05) is 59.2 Å². The molecule has 0 fully saturated rings. The van der Waals surface area contributed by atoms with Crippen LogP contribution in [-0.2, 0) is 10.8 Å². The van der Waals surface area contributed by atoms with Gasteiger partial charge in [0.2, 0.25) is 0 Å². The lowest BCUT2D eigenvalue weighted by molar-refractivity contribution is 0.580. The summed E-state index contributed by atoms with van der Waals surface area (Å²) in [5.41, 5.74) is 3.04. The van der Waals surface area contributed by atoms with Gasteiger partial charge < -0.3 is 14.5 Å². The summed E-state index contributed by atoms with van der Waals surface area (Å²) in [6.07, 6.45) is 0.